The van der Waals surface area contributed by atoms with Gasteiger partial charge in [-0.25, -0.2) is 9.79 Å². The Hall–Kier alpha value is -2.84. The van der Waals surface area contributed by atoms with E-state index in [9.17, 15) is 14.4 Å². The number of ether oxygens (including phenoxy) is 1. The molecule has 0 saturated carbocycles. The number of anilines is 1. The quantitative estimate of drug-likeness (QED) is 0.646. The van der Waals surface area contributed by atoms with Crippen LogP contribution in [0.3, 0.4) is 0 Å². The molecule has 7 nitrogen and oxygen atoms in total. The molecule has 1 heterocycles. The van der Waals surface area contributed by atoms with Gasteiger partial charge in [0.2, 0.25) is 11.8 Å². The zero-order valence-corrected chi connectivity index (χ0v) is 18.9. The maximum Gasteiger partial charge on any atom is 0.338 e. The van der Waals surface area contributed by atoms with Crippen LogP contribution < -0.4 is 5.32 Å². The first-order valence-corrected chi connectivity index (χ1v) is 10.9. The molecule has 3 rings (SSSR count). The first-order valence-electron chi connectivity index (χ1n) is 9.64. The Morgan fingerprint density at radius 3 is 2.58 bits per heavy atom. The van der Waals surface area contributed by atoms with Gasteiger partial charge in [0, 0.05) is 24.2 Å². The Kier molecular flexibility index (Phi) is 7.35. The van der Waals surface area contributed by atoms with Gasteiger partial charge in [0.1, 0.15) is 5.25 Å². The van der Waals surface area contributed by atoms with Crippen LogP contribution in [-0.4, -0.2) is 46.8 Å². The molecule has 0 unspecified atom stereocenters. The van der Waals surface area contributed by atoms with E-state index in [0.29, 0.717) is 33.7 Å². The average molecular weight is 460 g/mol. The molecular weight excluding hydrogens is 438 g/mol. The third kappa shape index (κ3) is 5.65. The van der Waals surface area contributed by atoms with Gasteiger partial charge in [-0.1, -0.05) is 29.4 Å². The Bertz CT molecular complexity index is 1040. The highest BCUT2D eigenvalue weighted by atomic mass is 35.5. The summed E-state index contributed by atoms with van der Waals surface area (Å²) >= 11 is 7.32. The lowest BCUT2D eigenvalue weighted by atomic mass is 10.2. The SMILES string of the molecule is CCOC(=O)c1ccc(N=C2S[C@@H](CC(=O)Nc3ccc(C)c(Cl)c3)C(=O)N2C)cc1. The summed E-state index contributed by atoms with van der Waals surface area (Å²) in [5.74, 6) is -0.867. The van der Waals surface area contributed by atoms with Gasteiger partial charge in [-0.3, -0.25) is 14.5 Å². The molecule has 0 radical (unpaired) electrons. The number of carbonyl (C=O) groups excluding carboxylic acids is 3. The number of benzene rings is 2. The van der Waals surface area contributed by atoms with Crippen molar-refractivity contribution in [1.82, 2.24) is 4.90 Å². The number of rotatable bonds is 6. The van der Waals surface area contributed by atoms with E-state index in [1.807, 2.05) is 13.0 Å². The van der Waals surface area contributed by atoms with Gasteiger partial charge in [0.05, 0.1) is 17.9 Å². The lowest BCUT2D eigenvalue weighted by Crippen LogP contribution is -2.30. The van der Waals surface area contributed by atoms with Gasteiger partial charge >= 0.3 is 5.97 Å². The molecule has 1 aliphatic rings. The van der Waals surface area contributed by atoms with Crippen molar-refractivity contribution in [2.45, 2.75) is 25.5 Å². The molecule has 0 aromatic heterocycles. The standard InChI is InChI=1S/C22H22ClN3O4S/c1-4-30-21(29)14-6-9-15(10-7-14)25-22-26(3)20(28)18(31-22)12-19(27)24-16-8-5-13(2)17(23)11-16/h5-11,18H,4,12H2,1-3H3,(H,24,27)/t18-/m0/s1. The van der Waals surface area contributed by atoms with Crippen LogP contribution in [0.25, 0.3) is 0 Å². The van der Waals surface area contributed by atoms with E-state index in [4.69, 9.17) is 16.3 Å². The van der Waals surface area contributed by atoms with E-state index in [1.165, 1.54) is 16.7 Å². The van der Waals surface area contributed by atoms with Gasteiger partial charge in [-0.15, -0.1) is 0 Å². The van der Waals surface area contributed by atoms with Crippen LogP contribution in [-0.2, 0) is 14.3 Å². The van der Waals surface area contributed by atoms with Gasteiger partial charge in [0.25, 0.3) is 0 Å². The number of aliphatic imine (C=N–C) groups is 1. The fourth-order valence-electron chi connectivity index (χ4n) is 2.85. The van der Waals surface area contributed by atoms with E-state index in [2.05, 4.69) is 10.3 Å². The summed E-state index contributed by atoms with van der Waals surface area (Å²) in [4.78, 5) is 42.6. The highest BCUT2D eigenvalue weighted by molar-refractivity contribution is 8.15. The van der Waals surface area contributed by atoms with Crippen molar-refractivity contribution in [3.63, 3.8) is 0 Å². The summed E-state index contributed by atoms with van der Waals surface area (Å²) in [6.07, 6.45) is 0.0140. The second kappa shape index (κ2) is 9.98. The van der Waals surface area contributed by atoms with Gasteiger partial charge in [-0.2, -0.15) is 0 Å². The summed E-state index contributed by atoms with van der Waals surface area (Å²) < 4.78 is 4.96. The number of thioether (sulfide) groups is 1. The molecule has 162 valence electrons. The number of nitrogens with zero attached hydrogens (tertiary/aromatic N) is 2. The number of hydrogen-bond acceptors (Lipinski definition) is 6. The predicted octanol–water partition coefficient (Wildman–Crippen LogP) is 4.42. The van der Waals surface area contributed by atoms with Crippen molar-refractivity contribution in [2.75, 3.05) is 19.0 Å². The number of carbonyl (C=O) groups is 3. The van der Waals surface area contributed by atoms with Gasteiger partial charge < -0.3 is 10.1 Å². The molecular formula is C22H22ClN3O4S. The molecule has 1 N–H and O–H groups in total. The molecule has 1 saturated heterocycles. The van der Waals surface area contributed by atoms with E-state index in [1.54, 1.807) is 50.4 Å². The Balaban J connectivity index is 1.65. The third-order valence-electron chi connectivity index (χ3n) is 4.57. The minimum atomic E-state index is -0.566. The molecule has 1 atom stereocenters. The summed E-state index contributed by atoms with van der Waals surface area (Å²) in [6, 6.07) is 11.9. The van der Waals surface area contributed by atoms with Crippen LogP contribution in [0.5, 0.6) is 0 Å². The Morgan fingerprint density at radius 2 is 1.94 bits per heavy atom. The van der Waals surface area contributed by atoms with Crippen molar-refractivity contribution in [3.05, 3.63) is 58.6 Å². The average Bonchev–Trinajstić information content (AvgIpc) is 2.99. The molecule has 2 amide bonds. The van der Waals surface area contributed by atoms with Crippen LogP contribution >= 0.6 is 23.4 Å². The van der Waals surface area contributed by atoms with E-state index < -0.39 is 11.2 Å². The molecule has 0 bridgehead atoms. The monoisotopic (exact) mass is 459 g/mol. The van der Waals surface area contributed by atoms with Gasteiger partial charge in [0.15, 0.2) is 5.17 Å². The zero-order chi connectivity index (χ0) is 22.5. The maximum absolute atomic E-state index is 12.6. The van der Waals surface area contributed by atoms with Crippen molar-refractivity contribution in [3.8, 4) is 0 Å². The van der Waals surface area contributed by atoms with E-state index in [-0.39, 0.29) is 18.2 Å². The fourth-order valence-corrected chi connectivity index (χ4v) is 4.18. The molecule has 0 aliphatic carbocycles. The van der Waals surface area contributed by atoms with Crippen LogP contribution in [0.1, 0.15) is 29.3 Å². The van der Waals surface area contributed by atoms with Crippen molar-refractivity contribution < 1.29 is 19.1 Å². The lowest BCUT2D eigenvalue weighted by Gasteiger charge is -2.10. The maximum atomic E-state index is 12.6. The minimum absolute atomic E-state index is 0.0140. The van der Waals surface area contributed by atoms with Crippen molar-refractivity contribution >= 4 is 57.7 Å². The molecule has 2 aromatic carbocycles. The highest BCUT2D eigenvalue weighted by Crippen LogP contribution is 2.31. The van der Waals surface area contributed by atoms with Crippen LogP contribution in [0, 0.1) is 6.92 Å². The molecule has 0 spiro atoms. The van der Waals surface area contributed by atoms with E-state index in [0.717, 1.165) is 5.56 Å². The summed E-state index contributed by atoms with van der Waals surface area (Å²) in [6.45, 7) is 3.93. The third-order valence-corrected chi connectivity index (χ3v) is 6.21. The van der Waals surface area contributed by atoms with Crippen molar-refractivity contribution in [2.24, 2.45) is 4.99 Å². The zero-order valence-electron chi connectivity index (χ0n) is 17.3. The highest BCUT2D eigenvalue weighted by Gasteiger charge is 2.37. The number of amidine groups is 1. The number of amides is 2. The number of nitrogens with one attached hydrogen (secondary N) is 1. The fraction of sp³-hybridized carbons (Fsp3) is 0.273. The number of aryl methyl sites for hydroxylation is 1. The summed E-state index contributed by atoms with van der Waals surface area (Å²) in [5, 5.41) is 3.26. The second-order valence-electron chi connectivity index (χ2n) is 6.88. The topological polar surface area (TPSA) is 88.1 Å². The molecule has 1 aliphatic heterocycles. The van der Waals surface area contributed by atoms with Gasteiger partial charge in [-0.05, 0) is 55.8 Å². The van der Waals surface area contributed by atoms with Crippen LogP contribution in [0.15, 0.2) is 47.5 Å². The second-order valence-corrected chi connectivity index (χ2v) is 8.46. The Labute approximate surface area is 189 Å². The van der Waals surface area contributed by atoms with Crippen molar-refractivity contribution in [1.29, 1.82) is 0 Å². The molecule has 9 heteroatoms. The Morgan fingerprint density at radius 1 is 1.23 bits per heavy atom. The summed E-state index contributed by atoms with van der Waals surface area (Å²) in [7, 11) is 1.62. The lowest BCUT2D eigenvalue weighted by molar-refractivity contribution is -0.127. The van der Waals surface area contributed by atoms with E-state index >= 15 is 0 Å². The molecule has 31 heavy (non-hydrogen) atoms. The molecule has 1 fully saturated rings. The summed E-state index contributed by atoms with van der Waals surface area (Å²) in [5.41, 5.74) is 2.52. The normalized spacial score (nSPS) is 17.2. The predicted molar refractivity (Wildman–Crippen MR) is 123 cm³/mol. The van der Waals surface area contributed by atoms with Crippen LogP contribution in [0.2, 0.25) is 5.02 Å². The first kappa shape index (κ1) is 22.8. The largest absolute Gasteiger partial charge is 0.462 e. The smallest absolute Gasteiger partial charge is 0.338 e. The minimum Gasteiger partial charge on any atom is -0.462 e. The molecule has 2 aromatic rings. The first-order chi connectivity index (χ1) is 14.8. The number of halogens is 1. The van der Waals surface area contributed by atoms with Crippen LogP contribution in [0.4, 0.5) is 11.4 Å². The number of hydrogen-bond donors (Lipinski definition) is 1. The number of esters is 1.